The van der Waals surface area contributed by atoms with Gasteiger partial charge in [-0.05, 0) is 94.4 Å². The Morgan fingerprint density at radius 1 is 0.879 bits per heavy atom. The molecule has 1 aliphatic rings. The van der Waals surface area contributed by atoms with E-state index in [0.29, 0.717) is 17.2 Å². The largest absolute Gasteiger partial charge is 0.422 e. The van der Waals surface area contributed by atoms with Gasteiger partial charge in [-0.2, -0.15) is 0 Å². The first-order chi connectivity index (χ1) is 16.1. The van der Waals surface area contributed by atoms with Crippen molar-refractivity contribution >= 4 is 21.9 Å². The van der Waals surface area contributed by atoms with E-state index >= 15 is 0 Å². The molecular formula is C30H33BrO2. The second-order valence-corrected chi connectivity index (χ2v) is 10.1. The molecule has 0 aliphatic heterocycles. The van der Waals surface area contributed by atoms with Gasteiger partial charge < -0.3 is 4.74 Å². The van der Waals surface area contributed by atoms with Crippen molar-refractivity contribution in [3.63, 3.8) is 0 Å². The molecule has 4 rings (SSSR count). The van der Waals surface area contributed by atoms with Gasteiger partial charge in [0.15, 0.2) is 0 Å². The zero-order chi connectivity index (χ0) is 23.0. The highest BCUT2D eigenvalue weighted by Gasteiger charge is 2.22. The van der Waals surface area contributed by atoms with E-state index in [2.05, 4.69) is 47.1 Å². The van der Waals surface area contributed by atoms with Crippen molar-refractivity contribution in [2.75, 3.05) is 0 Å². The molecule has 0 radical (unpaired) electrons. The van der Waals surface area contributed by atoms with Gasteiger partial charge in [0.2, 0.25) is 0 Å². The van der Waals surface area contributed by atoms with Crippen molar-refractivity contribution in [1.29, 1.82) is 0 Å². The number of rotatable bonds is 8. The molecule has 33 heavy (non-hydrogen) atoms. The molecule has 0 unspecified atom stereocenters. The van der Waals surface area contributed by atoms with E-state index in [1.54, 1.807) is 0 Å². The summed E-state index contributed by atoms with van der Waals surface area (Å²) >= 11 is 3.56. The van der Waals surface area contributed by atoms with Crippen LogP contribution in [0.3, 0.4) is 0 Å². The number of hydrogen-bond acceptors (Lipinski definition) is 2. The van der Waals surface area contributed by atoms with E-state index in [0.717, 1.165) is 21.5 Å². The normalized spacial score (nSPS) is 18.1. The van der Waals surface area contributed by atoms with Crippen molar-refractivity contribution in [1.82, 2.24) is 0 Å². The Labute approximate surface area is 206 Å². The van der Waals surface area contributed by atoms with E-state index in [-0.39, 0.29) is 5.97 Å². The Bertz CT molecular complexity index is 1030. The van der Waals surface area contributed by atoms with Crippen LogP contribution in [0.25, 0.3) is 11.1 Å². The lowest BCUT2D eigenvalue weighted by Crippen LogP contribution is -2.14. The number of carbonyl (C=O) groups is 1. The number of hydrogen-bond donors (Lipinski definition) is 0. The quantitative estimate of drug-likeness (QED) is 0.173. The molecule has 3 heteroatoms. The summed E-state index contributed by atoms with van der Waals surface area (Å²) in [6.45, 7) is 2.27. The highest BCUT2D eigenvalue weighted by atomic mass is 79.9. The minimum Gasteiger partial charge on any atom is -0.422 e. The summed E-state index contributed by atoms with van der Waals surface area (Å²) in [5.41, 5.74) is 4.14. The zero-order valence-electron chi connectivity index (χ0n) is 19.4. The predicted molar refractivity (Wildman–Crippen MR) is 140 cm³/mol. The Morgan fingerprint density at radius 2 is 1.61 bits per heavy atom. The van der Waals surface area contributed by atoms with Gasteiger partial charge >= 0.3 is 5.97 Å². The van der Waals surface area contributed by atoms with Gasteiger partial charge in [-0.1, -0.05) is 81.1 Å². The first-order valence-corrected chi connectivity index (χ1v) is 13.1. The minimum atomic E-state index is -0.325. The summed E-state index contributed by atoms with van der Waals surface area (Å²) in [6.07, 6.45) is 10.7. The standard InChI is InChI=1S/C30H33BrO2/c1-2-3-5-8-22-11-13-24(14-12-22)25-15-17-26(18-16-25)30(32)33-29-20-19-27(21-28(29)31)23-9-6-4-7-10-23/h4,6-7,9-10,15-22,24H,2-3,5,8,11-14H2,1H3. The van der Waals surface area contributed by atoms with E-state index < -0.39 is 0 Å². The van der Waals surface area contributed by atoms with Crippen LogP contribution in [0, 0.1) is 5.92 Å². The van der Waals surface area contributed by atoms with Crippen LogP contribution in [0.1, 0.15) is 80.1 Å². The first-order valence-electron chi connectivity index (χ1n) is 12.3. The summed E-state index contributed by atoms with van der Waals surface area (Å²) in [5, 5.41) is 0. The van der Waals surface area contributed by atoms with Crippen molar-refractivity contribution in [2.24, 2.45) is 5.92 Å². The van der Waals surface area contributed by atoms with Gasteiger partial charge in [-0.3, -0.25) is 0 Å². The van der Waals surface area contributed by atoms with E-state index in [4.69, 9.17) is 4.74 Å². The lowest BCUT2D eigenvalue weighted by molar-refractivity contribution is 0.0733. The van der Waals surface area contributed by atoms with Gasteiger partial charge in [0.1, 0.15) is 5.75 Å². The SMILES string of the molecule is CCCCCC1CCC(c2ccc(C(=O)Oc3ccc(-c4ccccc4)cc3Br)cc2)CC1. The summed E-state index contributed by atoms with van der Waals surface area (Å²) in [6, 6.07) is 24.0. The fourth-order valence-corrected chi connectivity index (χ4v) is 5.37. The predicted octanol–water partition coefficient (Wildman–Crippen LogP) is 9.19. The Balaban J connectivity index is 1.33. The van der Waals surface area contributed by atoms with Crippen LogP contribution >= 0.6 is 15.9 Å². The molecule has 0 atom stereocenters. The molecule has 1 saturated carbocycles. The van der Waals surface area contributed by atoms with Crippen LogP contribution in [-0.4, -0.2) is 5.97 Å². The summed E-state index contributed by atoms with van der Waals surface area (Å²) in [4.78, 5) is 12.7. The number of esters is 1. The maximum absolute atomic E-state index is 12.7. The number of halogens is 1. The van der Waals surface area contributed by atoms with Crippen LogP contribution in [0.2, 0.25) is 0 Å². The highest BCUT2D eigenvalue weighted by molar-refractivity contribution is 9.10. The third-order valence-corrected chi connectivity index (χ3v) is 7.54. The fraction of sp³-hybridized carbons (Fsp3) is 0.367. The topological polar surface area (TPSA) is 26.3 Å². The van der Waals surface area contributed by atoms with Gasteiger partial charge in [0.05, 0.1) is 10.0 Å². The number of ether oxygens (including phenoxy) is 1. The molecule has 3 aromatic rings. The van der Waals surface area contributed by atoms with Crippen molar-refractivity contribution in [2.45, 2.75) is 64.2 Å². The molecule has 0 amide bonds. The molecule has 172 valence electrons. The van der Waals surface area contributed by atoms with Gasteiger partial charge in [0.25, 0.3) is 0 Å². The van der Waals surface area contributed by atoms with Gasteiger partial charge in [-0.15, -0.1) is 0 Å². The molecule has 1 fully saturated rings. The molecule has 2 nitrogen and oxygen atoms in total. The third kappa shape index (κ3) is 6.35. The van der Waals surface area contributed by atoms with Crippen molar-refractivity contribution in [3.8, 4) is 16.9 Å². The van der Waals surface area contributed by atoms with E-state index in [9.17, 15) is 4.79 Å². The van der Waals surface area contributed by atoms with Gasteiger partial charge in [-0.25, -0.2) is 4.79 Å². The minimum absolute atomic E-state index is 0.325. The summed E-state index contributed by atoms with van der Waals surface area (Å²) in [5.74, 6) is 1.74. The molecule has 0 spiro atoms. The molecule has 0 bridgehead atoms. The summed E-state index contributed by atoms with van der Waals surface area (Å²) in [7, 11) is 0. The fourth-order valence-electron chi connectivity index (χ4n) is 4.91. The molecule has 0 heterocycles. The molecule has 3 aromatic carbocycles. The lowest BCUT2D eigenvalue weighted by Gasteiger charge is -2.29. The molecule has 0 aromatic heterocycles. The van der Waals surface area contributed by atoms with Crippen molar-refractivity contribution in [3.05, 3.63) is 88.4 Å². The third-order valence-electron chi connectivity index (χ3n) is 6.92. The maximum Gasteiger partial charge on any atom is 0.343 e. The highest BCUT2D eigenvalue weighted by Crippen LogP contribution is 2.38. The average molecular weight is 505 g/mol. The van der Waals surface area contributed by atoms with Crippen LogP contribution in [0.4, 0.5) is 0 Å². The lowest BCUT2D eigenvalue weighted by atomic mass is 9.77. The second kappa shape index (κ2) is 11.7. The number of benzene rings is 3. The number of unbranched alkanes of at least 4 members (excludes halogenated alkanes) is 2. The molecule has 1 aliphatic carbocycles. The van der Waals surface area contributed by atoms with Gasteiger partial charge in [0, 0.05) is 0 Å². The molecular weight excluding hydrogens is 472 g/mol. The number of carbonyl (C=O) groups excluding carboxylic acids is 1. The van der Waals surface area contributed by atoms with E-state index in [1.165, 1.54) is 56.9 Å². The van der Waals surface area contributed by atoms with E-state index in [1.807, 2.05) is 48.5 Å². The van der Waals surface area contributed by atoms with Crippen molar-refractivity contribution < 1.29 is 9.53 Å². The zero-order valence-corrected chi connectivity index (χ0v) is 21.0. The monoisotopic (exact) mass is 504 g/mol. The van der Waals surface area contributed by atoms with Crippen LogP contribution in [0.15, 0.2) is 77.3 Å². The Hall–Kier alpha value is -2.39. The Kier molecular flexibility index (Phi) is 8.39. The smallest absolute Gasteiger partial charge is 0.343 e. The second-order valence-electron chi connectivity index (χ2n) is 9.24. The maximum atomic E-state index is 12.7. The van der Waals surface area contributed by atoms with Crippen LogP contribution < -0.4 is 4.74 Å². The van der Waals surface area contributed by atoms with Crippen LogP contribution in [-0.2, 0) is 0 Å². The molecule has 0 N–H and O–H groups in total. The first kappa shape index (κ1) is 23.8. The Morgan fingerprint density at radius 3 is 2.27 bits per heavy atom. The van der Waals surface area contributed by atoms with Crippen LogP contribution in [0.5, 0.6) is 5.75 Å². The average Bonchev–Trinajstić information content (AvgIpc) is 2.86. The summed E-state index contributed by atoms with van der Waals surface area (Å²) < 4.78 is 6.45. The molecule has 0 saturated heterocycles.